The average Bonchev–Trinajstić information content (AvgIpc) is 2.39. The lowest BCUT2D eigenvalue weighted by molar-refractivity contribution is 0.480. The first-order valence-corrected chi connectivity index (χ1v) is 7.39. The van der Waals surface area contributed by atoms with E-state index in [1.807, 2.05) is 11.8 Å². The molecule has 1 nitrogen and oxygen atoms in total. The van der Waals surface area contributed by atoms with Crippen molar-refractivity contribution >= 4 is 23.4 Å². The Bertz CT molecular complexity index is 143. The van der Waals surface area contributed by atoms with Crippen molar-refractivity contribution in [2.75, 3.05) is 18.1 Å². The molecule has 3 heteroatoms. The average molecular weight is 236 g/mol. The fraction of sp³-hybridized carbons (Fsp3) is 1.00. The Labute approximate surface area is 97.4 Å². The van der Waals surface area contributed by atoms with Crippen LogP contribution in [0, 0.1) is 0 Å². The Balaban J connectivity index is 2.13. The molecule has 0 amide bonds. The van der Waals surface area contributed by atoms with Gasteiger partial charge in [-0.1, -0.05) is 26.2 Å². The second-order valence-electron chi connectivity index (χ2n) is 3.91. The van der Waals surface area contributed by atoms with Crippen molar-refractivity contribution in [3.8, 4) is 0 Å². The molecule has 1 fully saturated rings. The molecule has 2 unspecified atom stereocenters. The molecule has 0 heterocycles. The summed E-state index contributed by atoms with van der Waals surface area (Å²) in [6, 6.07) is 0.566. The van der Waals surface area contributed by atoms with Gasteiger partial charge in [0.05, 0.1) is 0 Å². The monoisotopic (exact) mass is 235 g/mol. The fourth-order valence-corrected chi connectivity index (χ4v) is 2.87. The molecule has 1 aliphatic carbocycles. The minimum atomic E-state index is 0.365. The lowest BCUT2D eigenvalue weighted by Crippen LogP contribution is -2.37. The third-order valence-electron chi connectivity index (χ3n) is 2.79. The van der Waals surface area contributed by atoms with Crippen LogP contribution in [-0.2, 0) is 0 Å². The third kappa shape index (κ3) is 4.90. The van der Waals surface area contributed by atoms with Gasteiger partial charge in [0.2, 0.25) is 0 Å². The molecule has 1 aliphatic rings. The second kappa shape index (κ2) is 7.84. The fourth-order valence-electron chi connectivity index (χ4n) is 1.95. The molecule has 0 bridgehead atoms. The summed E-state index contributed by atoms with van der Waals surface area (Å²) < 4.78 is 0. The van der Waals surface area contributed by atoms with E-state index in [9.17, 15) is 0 Å². The molecular formula is C11H22ClNS. The quantitative estimate of drug-likeness (QED) is 0.446. The Morgan fingerprint density at radius 3 is 2.86 bits per heavy atom. The Kier molecular flexibility index (Phi) is 7.09. The molecule has 14 heavy (non-hydrogen) atoms. The van der Waals surface area contributed by atoms with E-state index in [1.54, 1.807) is 0 Å². The van der Waals surface area contributed by atoms with Crippen molar-refractivity contribution in [1.82, 2.24) is 5.32 Å². The van der Waals surface area contributed by atoms with Crippen LogP contribution in [0.3, 0.4) is 0 Å². The number of hydrogen-bond acceptors (Lipinski definition) is 2. The molecule has 84 valence electrons. The van der Waals surface area contributed by atoms with Gasteiger partial charge in [0.25, 0.3) is 0 Å². The van der Waals surface area contributed by atoms with Gasteiger partial charge < -0.3 is 5.32 Å². The van der Waals surface area contributed by atoms with E-state index >= 15 is 0 Å². The van der Waals surface area contributed by atoms with Gasteiger partial charge in [0, 0.05) is 23.7 Å². The van der Waals surface area contributed by atoms with E-state index in [0.717, 1.165) is 6.54 Å². The van der Waals surface area contributed by atoms with Crippen LogP contribution in [0.2, 0.25) is 0 Å². The molecular weight excluding hydrogens is 214 g/mol. The van der Waals surface area contributed by atoms with Crippen molar-refractivity contribution in [2.24, 2.45) is 0 Å². The molecule has 1 N–H and O–H groups in total. The zero-order chi connectivity index (χ0) is 10.2. The summed E-state index contributed by atoms with van der Waals surface area (Å²) in [4.78, 5) is 0. The zero-order valence-corrected chi connectivity index (χ0v) is 10.7. The van der Waals surface area contributed by atoms with E-state index in [2.05, 4.69) is 12.2 Å². The van der Waals surface area contributed by atoms with Crippen LogP contribution in [0.15, 0.2) is 0 Å². The molecule has 0 radical (unpaired) electrons. The van der Waals surface area contributed by atoms with Crippen molar-refractivity contribution in [1.29, 1.82) is 0 Å². The number of nitrogens with one attached hydrogen (secondary N) is 1. The minimum Gasteiger partial charge on any atom is -0.312 e. The number of alkyl halides is 1. The number of thioether (sulfide) groups is 1. The highest BCUT2D eigenvalue weighted by Gasteiger charge is 2.20. The molecule has 1 saturated carbocycles. The van der Waals surface area contributed by atoms with E-state index in [4.69, 9.17) is 11.6 Å². The van der Waals surface area contributed by atoms with Gasteiger partial charge in [-0.15, -0.1) is 11.6 Å². The van der Waals surface area contributed by atoms with Gasteiger partial charge in [-0.2, -0.15) is 11.8 Å². The maximum Gasteiger partial charge on any atom is 0.0489 e. The number of hydrogen-bond donors (Lipinski definition) is 1. The summed E-state index contributed by atoms with van der Waals surface area (Å²) >= 11 is 8.33. The van der Waals surface area contributed by atoms with Crippen molar-refractivity contribution < 1.29 is 0 Å². The highest BCUT2D eigenvalue weighted by molar-refractivity contribution is 7.99. The van der Waals surface area contributed by atoms with E-state index in [0.29, 0.717) is 11.4 Å². The predicted molar refractivity (Wildman–Crippen MR) is 67.5 cm³/mol. The highest BCUT2D eigenvalue weighted by atomic mass is 35.5. The van der Waals surface area contributed by atoms with Gasteiger partial charge >= 0.3 is 0 Å². The first-order chi connectivity index (χ1) is 6.84. The number of rotatable bonds is 5. The summed E-state index contributed by atoms with van der Waals surface area (Å²) in [5, 5.41) is 3.96. The molecule has 0 saturated heterocycles. The first-order valence-electron chi connectivity index (χ1n) is 5.79. The molecule has 2 atom stereocenters. The summed E-state index contributed by atoms with van der Waals surface area (Å²) in [5.41, 5.74) is 0. The Hall–Kier alpha value is 0.600. The van der Waals surface area contributed by atoms with Crippen LogP contribution >= 0.6 is 23.4 Å². The van der Waals surface area contributed by atoms with Gasteiger partial charge in [-0.25, -0.2) is 0 Å². The predicted octanol–water partition coefficient (Wildman–Crippen LogP) is 3.27. The van der Waals surface area contributed by atoms with Crippen LogP contribution in [0.4, 0.5) is 0 Å². The van der Waals surface area contributed by atoms with E-state index in [1.165, 1.54) is 43.6 Å². The maximum atomic E-state index is 6.33. The smallest absolute Gasteiger partial charge is 0.0489 e. The van der Waals surface area contributed by atoms with Gasteiger partial charge in [-0.05, 0) is 18.6 Å². The van der Waals surface area contributed by atoms with Crippen LogP contribution in [0.5, 0.6) is 0 Å². The van der Waals surface area contributed by atoms with Gasteiger partial charge in [0.15, 0.2) is 0 Å². The molecule has 0 aromatic carbocycles. The van der Waals surface area contributed by atoms with Gasteiger partial charge in [-0.3, -0.25) is 0 Å². The molecule has 1 rings (SSSR count). The Morgan fingerprint density at radius 1 is 1.29 bits per heavy atom. The van der Waals surface area contributed by atoms with Crippen molar-refractivity contribution in [3.05, 3.63) is 0 Å². The minimum absolute atomic E-state index is 0.365. The largest absolute Gasteiger partial charge is 0.312 e. The third-order valence-corrected chi connectivity index (χ3v) is 4.21. The van der Waals surface area contributed by atoms with Gasteiger partial charge in [0.1, 0.15) is 0 Å². The summed E-state index contributed by atoms with van der Waals surface area (Å²) in [7, 11) is 0. The van der Waals surface area contributed by atoms with Crippen LogP contribution in [0.1, 0.15) is 39.0 Å². The van der Waals surface area contributed by atoms with E-state index in [-0.39, 0.29) is 0 Å². The van der Waals surface area contributed by atoms with Crippen LogP contribution in [-0.4, -0.2) is 29.5 Å². The van der Waals surface area contributed by atoms with Crippen molar-refractivity contribution in [3.63, 3.8) is 0 Å². The molecule has 0 aliphatic heterocycles. The highest BCUT2D eigenvalue weighted by Crippen LogP contribution is 2.22. The first kappa shape index (κ1) is 12.7. The van der Waals surface area contributed by atoms with Crippen LogP contribution < -0.4 is 5.32 Å². The molecule has 0 spiro atoms. The zero-order valence-electron chi connectivity index (χ0n) is 9.10. The Morgan fingerprint density at radius 2 is 2.07 bits per heavy atom. The summed E-state index contributed by atoms with van der Waals surface area (Å²) in [6.45, 7) is 3.33. The summed E-state index contributed by atoms with van der Waals surface area (Å²) in [6.07, 6.45) is 6.49. The topological polar surface area (TPSA) is 12.0 Å². The van der Waals surface area contributed by atoms with Crippen LogP contribution in [0.25, 0.3) is 0 Å². The van der Waals surface area contributed by atoms with Crippen molar-refractivity contribution in [2.45, 2.75) is 50.4 Å². The standard InChI is InChI=1S/C11H22ClNS/c1-2-14-9-8-13-11-7-5-3-4-6-10(11)12/h10-11,13H,2-9H2,1H3. The van der Waals surface area contributed by atoms with E-state index < -0.39 is 0 Å². The number of halogens is 1. The summed E-state index contributed by atoms with van der Waals surface area (Å²) in [5.74, 6) is 2.44. The SMILES string of the molecule is CCSCCNC1CCCCCC1Cl. The second-order valence-corrected chi connectivity index (χ2v) is 5.87. The lowest BCUT2D eigenvalue weighted by atomic mass is 10.1. The maximum absolute atomic E-state index is 6.33. The lowest BCUT2D eigenvalue weighted by Gasteiger charge is -2.20. The molecule has 0 aromatic rings. The molecule has 0 aromatic heterocycles. The normalized spacial score (nSPS) is 28.7.